The van der Waals surface area contributed by atoms with Crippen LogP contribution in [0, 0.1) is 0 Å². The molecule has 9 heteroatoms. The van der Waals surface area contributed by atoms with E-state index in [2.05, 4.69) is 46.9 Å². The van der Waals surface area contributed by atoms with Crippen molar-refractivity contribution >= 4 is 57.3 Å². The van der Waals surface area contributed by atoms with Crippen molar-refractivity contribution in [3.8, 4) is 22.6 Å². The van der Waals surface area contributed by atoms with E-state index >= 15 is 0 Å². The Morgan fingerprint density at radius 2 is 2.09 bits per heavy atom. The van der Waals surface area contributed by atoms with Crippen LogP contribution in [0.2, 0.25) is 0 Å². The fraction of sp³-hybridized carbons (Fsp3) is 0.0714. The third kappa shape index (κ3) is 2.58. The Bertz CT molecular complexity index is 935. The zero-order valence-electron chi connectivity index (χ0n) is 11.1. The molecule has 0 radical (unpaired) electrons. The fourth-order valence-electron chi connectivity index (χ4n) is 2.50. The van der Waals surface area contributed by atoms with Crippen LogP contribution in [-0.2, 0) is 0 Å². The molecule has 0 aliphatic carbocycles. The number of alkyl halides is 2. The summed E-state index contributed by atoms with van der Waals surface area (Å²) in [5.74, 6) is 0.0634. The number of ether oxygens (including phenoxy) is 2. The van der Waals surface area contributed by atoms with Crippen LogP contribution in [-0.4, -0.2) is 15.3 Å². The Labute approximate surface area is 154 Å². The van der Waals surface area contributed by atoms with Gasteiger partial charge in [-0.05, 0) is 28.1 Å². The largest absolute Gasteiger partial charge is 0.586 e. The van der Waals surface area contributed by atoms with E-state index in [0.29, 0.717) is 5.56 Å². The van der Waals surface area contributed by atoms with Crippen LogP contribution in [0.25, 0.3) is 22.2 Å². The molecular formula is C14H6BrF2IN2O2S. The van der Waals surface area contributed by atoms with Crippen LogP contribution >= 0.6 is 46.3 Å². The second-order valence-electron chi connectivity index (χ2n) is 4.76. The molecule has 3 aromatic rings. The van der Waals surface area contributed by atoms with Gasteiger partial charge in [0.15, 0.2) is 17.1 Å². The van der Waals surface area contributed by atoms with Gasteiger partial charge in [-0.3, -0.25) is 3.97 Å². The molecule has 0 bridgehead atoms. The van der Waals surface area contributed by atoms with Gasteiger partial charge in [0.1, 0.15) is 0 Å². The van der Waals surface area contributed by atoms with Crippen LogP contribution in [0.1, 0.15) is 0 Å². The molecule has 0 amide bonds. The molecule has 0 N–H and O–H groups in total. The first kappa shape index (κ1) is 15.5. The van der Waals surface area contributed by atoms with Crippen molar-refractivity contribution in [2.24, 2.45) is 0 Å². The normalized spacial score (nSPS) is 15.3. The Kier molecular flexibility index (Phi) is 3.69. The average Bonchev–Trinajstić information content (AvgIpc) is 3.01. The second kappa shape index (κ2) is 5.49. The van der Waals surface area contributed by atoms with E-state index in [1.807, 2.05) is 16.2 Å². The number of hydrogen-bond acceptors (Lipinski definition) is 4. The van der Waals surface area contributed by atoms with Crippen molar-refractivity contribution in [2.45, 2.75) is 6.29 Å². The molecule has 0 saturated carbocycles. The van der Waals surface area contributed by atoms with E-state index < -0.39 is 6.29 Å². The van der Waals surface area contributed by atoms with E-state index in [-0.39, 0.29) is 11.5 Å². The lowest BCUT2D eigenvalue weighted by molar-refractivity contribution is -0.286. The summed E-state index contributed by atoms with van der Waals surface area (Å²) in [4.78, 5) is 4.39. The lowest BCUT2D eigenvalue weighted by Crippen LogP contribution is -2.26. The number of hydrogen-bond donors (Lipinski definition) is 0. The summed E-state index contributed by atoms with van der Waals surface area (Å²) < 4.78 is 38.7. The zero-order valence-corrected chi connectivity index (χ0v) is 15.7. The van der Waals surface area contributed by atoms with E-state index in [0.717, 1.165) is 21.1 Å². The van der Waals surface area contributed by atoms with Gasteiger partial charge in [0.05, 0.1) is 0 Å². The maximum Gasteiger partial charge on any atom is 0.586 e. The number of rotatable bonds is 2. The van der Waals surface area contributed by atoms with Gasteiger partial charge >= 0.3 is 6.29 Å². The highest BCUT2D eigenvalue weighted by molar-refractivity contribution is 14.2. The molecule has 0 saturated heterocycles. The zero-order chi connectivity index (χ0) is 16.2. The van der Waals surface area contributed by atoms with E-state index in [9.17, 15) is 8.78 Å². The van der Waals surface area contributed by atoms with Gasteiger partial charge in [0.2, 0.25) is 0 Å². The Balaban J connectivity index is 1.99. The molecular weight excluding hydrogens is 505 g/mol. The quantitative estimate of drug-likeness (QED) is 0.418. The number of fused-ring (bicyclic) bond motifs is 2. The smallest absolute Gasteiger partial charge is 0.395 e. The summed E-state index contributed by atoms with van der Waals surface area (Å²) in [6.45, 7) is 0. The highest BCUT2D eigenvalue weighted by Gasteiger charge is 2.44. The van der Waals surface area contributed by atoms with Crippen molar-refractivity contribution in [1.82, 2.24) is 8.96 Å². The predicted molar refractivity (Wildman–Crippen MR) is 96.1 cm³/mol. The molecule has 1 aromatic carbocycles. The SMILES string of the molecule is FC1(F)Oc2cccc(-c3cn(SI)c4ncc(Br)cc34)c2O1. The Morgan fingerprint density at radius 1 is 1.26 bits per heavy atom. The molecule has 0 spiro atoms. The molecule has 4 nitrogen and oxygen atoms in total. The molecule has 1 aliphatic heterocycles. The van der Waals surface area contributed by atoms with Gasteiger partial charge in [-0.15, -0.1) is 8.78 Å². The third-order valence-corrected chi connectivity index (χ3v) is 5.51. The summed E-state index contributed by atoms with van der Waals surface area (Å²) >= 11 is 5.53. The van der Waals surface area contributed by atoms with Crippen molar-refractivity contribution in [2.75, 3.05) is 0 Å². The number of benzene rings is 1. The van der Waals surface area contributed by atoms with Crippen LogP contribution in [0.5, 0.6) is 11.5 Å². The van der Waals surface area contributed by atoms with Gasteiger partial charge in [0.25, 0.3) is 0 Å². The molecule has 4 rings (SSSR count). The van der Waals surface area contributed by atoms with E-state index in [1.54, 1.807) is 18.3 Å². The summed E-state index contributed by atoms with van der Waals surface area (Å²) in [5.41, 5.74) is 2.02. The highest BCUT2D eigenvalue weighted by atomic mass is 127. The number of nitrogens with zero attached hydrogens (tertiary/aromatic N) is 2. The van der Waals surface area contributed by atoms with Crippen molar-refractivity contribution in [1.29, 1.82) is 0 Å². The van der Waals surface area contributed by atoms with Gasteiger partial charge in [0, 0.05) is 63.7 Å². The summed E-state index contributed by atoms with van der Waals surface area (Å²) in [6.07, 6.45) is -0.108. The van der Waals surface area contributed by atoms with Gasteiger partial charge in [-0.1, -0.05) is 12.1 Å². The van der Waals surface area contributed by atoms with Crippen LogP contribution in [0.15, 0.2) is 41.1 Å². The molecule has 1 aliphatic rings. The first-order valence-corrected chi connectivity index (χ1v) is 10.4. The summed E-state index contributed by atoms with van der Waals surface area (Å²) in [7, 11) is 1.44. The second-order valence-corrected chi connectivity index (χ2v) is 7.39. The van der Waals surface area contributed by atoms with Crippen molar-refractivity contribution < 1.29 is 18.3 Å². The van der Waals surface area contributed by atoms with Crippen molar-refractivity contribution in [3.05, 3.63) is 41.1 Å². The monoisotopic (exact) mass is 510 g/mol. The first-order valence-electron chi connectivity index (χ1n) is 6.33. The Hall–Kier alpha value is -1.07. The minimum absolute atomic E-state index is 0.0264. The van der Waals surface area contributed by atoms with Crippen LogP contribution < -0.4 is 9.47 Å². The van der Waals surface area contributed by atoms with Gasteiger partial charge in [-0.25, -0.2) is 4.98 Å². The lowest BCUT2D eigenvalue weighted by atomic mass is 10.0. The highest BCUT2D eigenvalue weighted by Crippen LogP contribution is 2.49. The fourth-order valence-corrected chi connectivity index (χ4v) is 4.09. The molecule has 2 aromatic heterocycles. The molecule has 23 heavy (non-hydrogen) atoms. The predicted octanol–water partition coefficient (Wildman–Crippen LogP) is 5.63. The summed E-state index contributed by atoms with van der Waals surface area (Å²) in [6, 6.07) is 6.74. The number of pyridine rings is 1. The van der Waals surface area contributed by atoms with E-state index in [4.69, 9.17) is 4.74 Å². The van der Waals surface area contributed by atoms with Crippen LogP contribution in [0.4, 0.5) is 8.78 Å². The molecule has 0 unspecified atom stereocenters. The number of aromatic nitrogens is 2. The number of para-hydroxylation sites is 1. The Morgan fingerprint density at radius 3 is 2.87 bits per heavy atom. The van der Waals surface area contributed by atoms with E-state index in [1.165, 1.54) is 15.2 Å². The standard InChI is InChI=1S/C14H6BrF2IN2O2S/c15-7-4-9-10(6-20(23-18)13(9)19-5-7)8-2-1-3-11-12(8)22-14(16,17)21-11/h1-6H. The number of halogens is 4. The minimum atomic E-state index is -3.65. The minimum Gasteiger partial charge on any atom is -0.395 e. The first-order chi connectivity index (χ1) is 11.0. The van der Waals surface area contributed by atoms with Gasteiger partial charge < -0.3 is 9.47 Å². The molecule has 3 heterocycles. The third-order valence-electron chi connectivity index (χ3n) is 3.37. The van der Waals surface area contributed by atoms with Crippen LogP contribution in [0.3, 0.4) is 0 Å². The average molecular weight is 511 g/mol. The summed E-state index contributed by atoms with van der Waals surface area (Å²) in [5, 5.41) is 0.829. The molecule has 0 atom stereocenters. The van der Waals surface area contributed by atoms with Gasteiger partial charge in [-0.2, -0.15) is 0 Å². The molecule has 118 valence electrons. The lowest BCUT2D eigenvalue weighted by Gasteiger charge is -2.06. The topological polar surface area (TPSA) is 36.3 Å². The molecule has 0 fully saturated rings. The van der Waals surface area contributed by atoms with Crippen molar-refractivity contribution in [3.63, 3.8) is 0 Å². The maximum atomic E-state index is 13.4. The maximum absolute atomic E-state index is 13.4.